The van der Waals surface area contributed by atoms with Crippen molar-refractivity contribution in [2.75, 3.05) is 6.61 Å². The first kappa shape index (κ1) is 12.2. The van der Waals surface area contributed by atoms with E-state index < -0.39 is 12.1 Å². The van der Waals surface area contributed by atoms with E-state index in [4.69, 9.17) is 10.8 Å². The maximum atomic E-state index is 9.73. The van der Waals surface area contributed by atoms with Gasteiger partial charge in [0.25, 0.3) is 0 Å². The van der Waals surface area contributed by atoms with Crippen LogP contribution in [0.15, 0.2) is 24.3 Å². The second-order valence-electron chi connectivity index (χ2n) is 4.11. The zero-order valence-corrected chi connectivity index (χ0v) is 9.22. The van der Waals surface area contributed by atoms with E-state index in [9.17, 15) is 5.11 Å². The minimum Gasteiger partial charge on any atom is -0.395 e. The third-order valence-electron chi connectivity index (χ3n) is 2.56. The summed E-state index contributed by atoms with van der Waals surface area (Å²) in [6, 6.07) is 7.06. The topological polar surface area (TPSA) is 66.5 Å². The lowest BCUT2D eigenvalue weighted by Crippen LogP contribution is -2.31. The van der Waals surface area contributed by atoms with E-state index in [1.165, 1.54) is 5.56 Å². The fraction of sp³-hybridized carbons (Fsp3) is 0.500. The first-order valence-electron chi connectivity index (χ1n) is 5.20. The summed E-state index contributed by atoms with van der Waals surface area (Å²) in [5, 5.41) is 18.6. The normalized spacial score (nSPS) is 15.3. The molecule has 0 aliphatic rings. The molecule has 0 radical (unpaired) electrons. The highest BCUT2D eigenvalue weighted by molar-refractivity contribution is 5.26. The van der Waals surface area contributed by atoms with Crippen molar-refractivity contribution in [3.63, 3.8) is 0 Å². The smallest absolute Gasteiger partial charge is 0.0963 e. The third kappa shape index (κ3) is 3.02. The Morgan fingerprint density at radius 3 is 2.00 bits per heavy atom. The second kappa shape index (κ2) is 5.26. The van der Waals surface area contributed by atoms with Crippen LogP contribution >= 0.6 is 0 Å². The van der Waals surface area contributed by atoms with Crippen molar-refractivity contribution >= 4 is 0 Å². The van der Waals surface area contributed by atoms with Crippen LogP contribution in [0.1, 0.15) is 37.0 Å². The van der Waals surface area contributed by atoms with Crippen LogP contribution in [-0.2, 0) is 0 Å². The minimum atomic E-state index is -0.795. The molecule has 84 valence electrons. The van der Waals surface area contributed by atoms with E-state index in [1.54, 1.807) is 0 Å². The molecule has 0 heterocycles. The van der Waals surface area contributed by atoms with Gasteiger partial charge in [-0.25, -0.2) is 0 Å². The molecule has 0 saturated carbocycles. The number of nitrogens with two attached hydrogens (primary N) is 1. The Morgan fingerprint density at radius 2 is 1.60 bits per heavy atom. The minimum absolute atomic E-state index is 0.215. The molecular weight excluding hydrogens is 190 g/mol. The maximum absolute atomic E-state index is 9.73. The van der Waals surface area contributed by atoms with Gasteiger partial charge >= 0.3 is 0 Å². The molecule has 0 bridgehead atoms. The Kier molecular flexibility index (Phi) is 4.27. The van der Waals surface area contributed by atoms with E-state index in [1.807, 2.05) is 24.3 Å². The Bertz CT molecular complexity index is 295. The Balaban J connectivity index is 2.79. The summed E-state index contributed by atoms with van der Waals surface area (Å²) in [6.45, 7) is 4.02. The van der Waals surface area contributed by atoms with Crippen LogP contribution in [0.4, 0.5) is 0 Å². The molecule has 1 rings (SSSR count). The zero-order chi connectivity index (χ0) is 11.4. The molecule has 0 fully saturated rings. The van der Waals surface area contributed by atoms with Crippen LogP contribution in [0.2, 0.25) is 0 Å². The summed E-state index contributed by atoms with van der Waals surface area (Å²) in [7, 11) is 0. The predicted octanol–water partition coefficient (Wildman–Crippen LogP) is 1.16. The highest BCUT2D eigenvalue weighted by Crippen LogP contribution is 2.19. The predicted molar refractivity (Wildman–Crippen MR) is 60.6 cm³/mol. The van der Waals surface area contributed by atoms with E-state index in [2.05, 4.69) is 13.8 Å². The number of benzene rings is 1. The van der Waals surface area contributed by atoms with Crippen LogP contribution < -0.4 is 5.73 Å². The van der Waals surface area contributed by atoms with Gasteiger partial charge in [-0.2, -0.15) is 0 Å². The van der Waals surface area contributed by atoms with Crippen LogP contribution in [0.3, 0.4) is 0 Å². The van der Waals surface area contributed by atoms with Gasteiger partial charge in [-0.3, -0.25) is 0 Å². The molecule has 3 heteroatoms. The molecule has 0 spiro atoms. The van der Waals surface area contributed by atoms with Gasteiger partial charge in [0.15, 0.2) is 0 Å². The highest BCUT2D eigenvalue weighted by atomic mass is 16.3. The molecule has 0 aliphatic heterocycles. The first-order chi connectivity index (χ1) is 7.06. The quantitative estimate of drug-likeness (QED) is 0.697. The fourth-order valence-corrected chi connectivity index (χ4v) is 1.43. The Labute approximate surface area is 90.5 Å². The van der Waals surface area contributed by atoms with Gasteiger partial charge in [-0.1, -0.05) is 38.1 Å². The molecule has 15 heavy (non-hydrogen) atoms. The van der Waals surface area contributed by atoms with Crippen molar-refractivity contribution < 1.29 is 10.2 Å². The Hall–Kier alpha value is -0.900. The Morgan fingerprint density at radius 1 is 1.13 bits per heavy atom. The van der Waals surface area contributed by atoms with Crippen molar-refractivity contribution in [3.05, 3.63) is 35.4 Å². The molecule has 3 nitrogen and oxygen atoms in total. The van der Waals surface area contributed by atoms with Crippen molar-refractivity contribution in [2.24, 2.45) is 5.73 Å². The molecule has 0 aromatic heterocycles. The summed E-state index contributed by atoms with van der Waals surface area (Å²) in [4.78, 5) is 0. The van der Waals surface area contributed by atoms with Crippen LogP contribution in [0.5, 0.6) is 0 Å². The zero-order valence-electron chi connectivity index (χ0n) is 9.22. The monoisotopic (exact) mass is 209 g/mol. The lowest BCUT2D eigenvalue weighted by atomic mass is 9.98. The molecule has 4 N–H and O–H groups in total. The van der Waals surface area contributed by atoms with E-state index in [0.717, 1.165) is 5.56 Å². The van der Waals surface area contributed by atoms with Crippen molar-refractivity contribution in [1.82, 2.24) is 0 Å². The number of aliphatic hydroxyl groups excluding tert-OH is 2. The summed E-state index contributed by atoms with van der Waals surface area (Å²) in [5.74, 6) is 0.475. The van der Waals surface area contributed by atoms with Gasteiger partial charge in [0.1, 0.15) is 0 Å². The van der Waals surface area contributed by atoms with E-state index in [0.29, 0.717) is 5.92 Å². The summed E-state index contributed by atoms with van der Waals surface area (Å²) >= 11 is 0. The lowest BCUT2D eigenvalue weighted by Gasteiger charge is -2.17. The van der Waals surface area contributed by atoms with Crippen LogP contribution in [-0.4, -0.2) is 22.9 Å². The highest BCUT2D eigenvalue weighted by Gasteiger charge is 2.15. The van der Waals surface area contributed by atoms with E-state index in [-0.39, 0.29) is 6.61 Å². The summed E-state index contributed by atoms with van der Waals surface area (Å²) in [5.41, 5.74) is 7.52. The number of aliphatic hydroxyl groups is 2. The van der Waals surface area contributed by atoms with Gasteiger partial charge in [-0.05, 0) is 17.0 Å². The first-order valence-corrected chi connectivity index (χ1v) is 5.20. The molecule has 0 aliphatic carbocycles. The average Bonchev–Trinajstić information content (AvgIpc) is 2.27. The van der Waals surface area contributed by atoms with Crippen molar-refractivity contribution in [2.45, 2.75) is 31.9 Å². The average molecular weight is 209 g/mol. The SMILES string of the molecule is CC(C)c1ccc(C(O)C(N)CO)cc1. The largest absolute Gasteiger partial charge is 0.395 e. The molecule has 0 saturated heterocycles. The number of rotatable bonds is 4. The molecular formula is C12H19NO2. The van der Waals surface area contributed by atoms with Crippen LogP contribution in [0.25, 0.3) is 0 Å². The molecule has 1 aromatic rings. The van der Waals surface area contributed by atoms with Crippen molar-refractivity contribution in [1.29, 1.82) is 0 Å². The van der Waals surface area contributed by atoms with Gasteiger partial charge in [-0.15, -0.1) is 0 Å². The van der Waals surface area contributed by atoms with Crippen LogP contribution in [0, 0.1) is 0 Å². The van der Waals surface area contributed by atoms with Gasteiger partial charge < -0.3 is 15.9 Å². The number of hydrogen-bond acceptors (Lipinski definition) is 3. The van der Waals surface area contributed by atoms with Gasteiger partial charge in [0.05, 0.1) is 18.8 Å². The molecule has 2 atom stereocenters. The molecule has 1 aromatic carbocycles. The second-order valence-corrected chi connectivity index (χ2v) is 4.11. The van der Waals surface area contributed by atoms with Gasteiger partial charge in [0.2, 0.25) is 0 Å². The lowest BCUT2D eigenvalue weighted by molar-refractivity contribution is 0.109. The fourth-order valence-electron chi connectivity index (χ4n) is 1.43. The number of hydrogen-bond donors (Lipinski definition) is 3. The third-order valence-corrected chi connectivity index (χ3v) is 2.56. The standard InChI is InChI=1S/C12H19NO2/c1-8(2)9-3-5-10(6-4-9)12(15)11(13)7-14/h3-6,8,11-12,14-15H,7,13H2,1-2H3. The van der Waals surface area contributed by atoms with Crippen molar-refractivity contribution in [3.8, 4) is 0 Å². The maximum Gasteiger partial charge on any atom is 0.0963 e. The molecule has 2 unspecified atom stereocenters. The van der Waals surface area contributed by atoms with Gasteiger partial charge in [0, 0.05) is 0 Å². The van der Waals surface area contributed by atoms with E-state index >= 15 is 0 Å². The summed E-state index contributed by atoms with van der Waals surface area (Å²) in [6.07, 6.45) is -0.795. The summed E-state index contributed by atoms with van der Waals surface area (Å²) < 4.78 is 0. The molecule has 0 amide bonds.